The maximum Gasteiger partial charge on any atom is 0.227 e. The van der Waals surface area contributed by atoms with Gasteiger partial charge < -0.3 is 20.5 Å². The number of nitrogens with two attached hydrogens (primary N) is 1. The number of carbonyl (C=O) groups excluding carboxylic acids is 1. The predicted octanol–water partition coefficient (Wildman–Crippen LogP) is 2.54. The molecule has 3 N–H and O–H groups in total. The molecule has 0 heterocycles. The van der Waals surface area contributed by atoms with Gasteiger partial charge in [-0.15, -0.1) is 0 Å². The molecule has 0 fully saturated rings. The number of aliphatic imine (C=N–C) groups is 1. The largest absolute Gasteiger partial charge is 0.392 e. The van der Waals surface area contributed by atoms with E-state index in [9.17, 15) is 9.90 Å². The molecule has 148 valence electrons. The number of carbonyl (C=O) groups is 1. The van der Waals surface area contributed by atoms with Crippen LogP contribution in [-0.2, 0) is 16.0 Å². The van der Waals surface area contributed by atoms with Gasteiger partial charge in [-0.05, 0) is 42.2 Å². The van der Waals surface area contributed by atoms with E-state index in [1.807, 2.05) is 50.4 Å². The van der Waals surface area contributed by atoms with Crippen LogP contribution in [0.1, 0.15) is 35.6 Å². The number of likely N-dealkylation sites (N-methyl/N-ethyl adjacent to an activating group) is 1. The third kappa shape index (κ3) is 4.08. The van der Waals surface area contributed by atoms with Crippen LogP contribution in [0.15, 0.2) is 53.5 Å². The first-order valence-corrected chi connectivity index (χ1v) is 9.34. The molecule has 0 saturated carbocycles. The Morgan fingerprint density at radius 2 is 2.04 bits per heavy atom. The van der Waals surface area contributed by atoms with Crippen molar-refractivity contribution in [1.29, 1.82) is 0 Å². The van der Waals surface area contributed by atoms with Gasteiger partial charge in [0.2, 0.25) is 5.91 Å². The Balaban J connectivity index is 1.88. The van der Waals surface area contributed by atoms with E-state index in [-0.39, 0.29) is 6.04 Å². The lowest BCUT2D eigenvalue weighted by atomic mass is 9.99. The van der Waals surface area contributed by atoms with Crippen LogP contribution in [0.4, 0.5) is 5.69 Å². The minimum absolute atomic E-state index is 0.0320. The quantitative estimate of drug-likeness (QED) is 0.595. The number of rotatable bonds is 6. The van der Waals surface area contributed by atoms with Gasteiger partial charge in [0.25, 0.3) is 0 Å². The summed E-state index contributed by atoms with van der Waals surface area (Å²) in [4.78, 5) is 18.6. The van der Waals surface area contributed by atoms with Crippen molar-refractivity contribution in [2.24, 2.45) is 10.7 Å². The molecule has 0 spiro atoms. The van der Waals surface area contributed by atoms with E-state index >= 15 is 0 Å². The Bertz CT molecular complexity index is 867. The van der Waals surface area contributed by atoms with Crippen LogP contribution in [0, 0.1) is 0 Å². The third-order valence-electron chi connectivity index (χ3n) is 5.36. The molecular formula is C22H27N3O3. The lowest BCUT2D eigenvalue weighted by Crippen LogP contribution is -2.32. The highest BCUT2D eigenvalue weighted by molar-refractivity contribution is 5.86. The van der Waals surface area contributed by atoms with E-state index in [1.165, 1.54) is 0 Å². The summed E-state index contributed by atoms with van der Waals surface area (Å²) in [5.74, 6) is -0.362. The molecule has 6 nitrogen and oxygen atoms in total. The van der Waals surface area contributed by atoms with Crippen molar-refractivity contribution < 1.29 is 14.6 Å². The van der Waals surface area contributed by atoms with Crippen molar-refractivity contribution in [2.45, 2.75) is 31.4 Å². The maximum atomic E-state index is 11.7. The summed E-state index contributed by atoms with van der Waals surface area (Å²) in [5, 5.41) is 10.1. The lowest BCUT2D eigenvalue weighted by molar-refractivity contribution is -0.121. The van der Waals surface area contributed by atoms with Gasteiger partial charge in [0.05, 0.1) is 30.4 Å². The first-order chi connectivity index (χ1) is 13.4. The number of benzene rings is 2. The normalized spacial score (nSPS) is 19.9. The SMILES string of the molecule is COCC(c1ccccc1)N(C)C(C)=Nc1ccc2c(c1)C(C(N)=O)C(O)C2. The zero-order valence-electron chi connectivity index (χ0n) is 16.5. The summed E-state index contributed by atoms with van der Waals surface area (Å²) < 4.78 is 5.42. The van der Waals surface area contributed by atoms with Gasteiger partial charge in [0.15, 0.2) is 0 Å². The zero-order chi connectivity index (χ0) is 20.3. The van der Waals surface area contributed by atoms with Crippen molar-refractivity contribution in [3.8, 4) is 0 Å². The van der Waals surface area contributed by atoms with Crippen molar-refractivity contribution in [2.75, 3.05) is 20.8 Å². The maximum absolute atomic E-state index is 11.7. The first-order valence-electron chi connectivity index (χ1n) is 9.34. The Labute approximate surface area is 165 Å². The fourth-order valence-electron chi connectivity index (χ4n) is 3.78. The number of fused-ring (bicyclic) bond motifs is 1. The number of aliphatic hydroxyl groups is 1. The van der Waals surface area contributed by atoms with E-state index < -0.39 is 17.9 Å². The van der Waals surface area contributed by atoms with Crippen LogP contribution in [-0.4, -0.2) is 48.6 Å². The highest BCUT2D eigenvalue weighted by Gasteiger charge is 2.35. The zero-order valence-corrected chi connectivity index (χ0v) is 16.5. The number of aliphatic hydroxyl groups excluding tert-OH is 1. The Hall–Kier alpha value is -2.70. The van der Waals surface area contributed by atoms with E-state index in [0.717, 1.165) is 28.2 Å². The number of nitrogens with zero attached hydrogens (tertiary/aromatic N) is 2. The molecule has 0 saturated heterocycles. The Kier molecular flexibility index (Phi) is 6.11. The molecule has 2 aromatic rings. The topological polar surface area (TPSA) is 88.1 Å². The number of primary amides is 1. The van der Waals surface area contributed by atoms with Crippen LogP contribution < -0.4 is 5.73 Å². The smallest absolute Gasteiger partial charge is 0.227 e. The molecule has 3 rings (SSSR count). The number of amidine groups is 1. The molecule has 0 aromatic heterocycles. The van der Waals surface area contributed by atoms with E-state index in [1.54, 1.807) is 7.11 Å². The average Bonchev–Trinajstić information content (AvgIpc) is 3.01. The van der Waals surface area contributed by atoms with Crippen LogP contribution in [0.3, 0.4) is 0 Å². The Morgan fingerprint density at radius 3 is 2.68 bits per heavy atom. The second-order valence-electron chi connectivity index (χ2n) is 7.19. The van der Waals surface area contributed by atoms with Crippen LogP contribution in [0.5, 0.6) is 0 Å². The van der Waals surface area contributed by atoms with Crippen molar-refractivity contribution in [3.63, 3.8) is 0 Å². The lowest BCUT2D eigenvalue weighted by Gasteiger charge is -2.29. The van der Waals surface area contributed by atoms with Crippen LogP contribution in [0.25, 0.3) is 0 Å². The standard InChI is InChI=1S/C22H27N3O3/c1-14(25(2)19(13-28-3)15-7-5-4-6-8-15)24-17-10-9-16-11-20(26)21(22(23)27)18(16)12-17/h4-10,12,19-21,26H,11,13H2,1-3H3,(H2,23,27). The molecule has 6 heteroatoms. The highest BCUT2D eigenvalue weighted by Crippen LogP contribution is 2.36. The van der Waals surface area contributed by atoms with Gasteiger partial charge in [-0.2, -0.15) is 0 Å². The van der Waals surface area contributed by atoms with Crippen LogP contribution >= 0.6 is 0 Å². The molecule has 0 radical (unpaired) electrons. The Morgan fingerprint density at radius 1 is 1.32 bits per heavy atom. The van der Waals surface area contributed by atoms with Gasteiger partial charge >= 0.3 is 0 Å². The predicted molar refractivity (Wildman–Crippen MR) is 110 cm³/mol. The number of methoxy groups -OCH3 is 1. The summed E-state index contributed by atoms with van der Waals surface area (Å²) in [5.41, 5.74) is 9.08. The summed E-state index contributed by atoms with van der Waals surface area (Å²) in [6.45, 7) is 2.48. The van der Waals surface area contributed by atoms with E-state index in [0.29, 0.717) is 13.0 Å². The van der Waals surface area contributed by atoms with E-state index in [2.05, 4.69) is 17.0 Å². The minimum atomic E-state index is -0.764. The van der Waals surface area contributed by atoms with Crippen molar-refractivity contribution in [3.05, 3.63) is 65.2 Å². The van der Waals surface area contributed by atoms with Gasteiger partial charge in [-0.25, -0.2) is 4.99 Å². The number of amides is 1. The van der Waals surface area contributed by atoms with Gasteiger partial charge in [0.1, 0.15) is 5.84 Å². The summed E-state index contributed by atoms with van der Waals surface area (Å²) in [7, 11) is 3.67. The number of ether oxygens (including phenoxy) is 1. The molecule has 0 aliphatic heterocycles. The first kappa shape index (κ1) is 20.0. The fraction of sp³-hybridized carbons (Fsp3) is 0.364. The molecule has 1 amide bonds. The van der Waals surface area contributed by atoms with Gasteiger partial charge in [0, 0.05) is 14.2 Å². The number of hydrogen-bond donors (Lipinski definition) is 2. The molecule has 1 aliphatic rings. The molecule has 3 unspecified atom stereocenters. The molecular weight excluding hydrogens is 354 g/mol. The summed E-state index contributed by atoms with van der Waals surface area (Å²) in [6, 6.07) is 15.8. The molecule has 1 aliphatic carbocycles. The minimum Gasteiger partial charge on any atom is -0.392 e. The molecule has 28 heavy (non-hydrogen) atoms. The van der Waals surface area contributed by atoms with Crippen molar-refractivity contribution in [1.82, 2.24) is 4.90 Å². The molecule has 3 atom stereocenters. The van der Waals surface area contributed by atoms with Crippen LogP contribution in [0.2, 0.25) is 0 Å². The second-order valence-corrected chi connectivity index (χ2v) is 7.19. The fourth-order valence-corrected chi connectivity index (χ4v) is 3.78. The second kappa shape index (κ2) is 8.54. The number of hydrogen-bond acceptors (Lipinski definition) is 4. The van der Waals surface area contributed by atoms with E-state index in [4.69, 9.17) is 15.5 Å². The average molecular weight is 381 g/mol. The highest BCUT2D eigenvalue weighted by atomic mass is 16.5. The van der Waals surface area contributed by atoms with Crippen molar-refractivity contribution >= 4 is 17.4 Å². The van der Waals surface area contributed by atoms with Gasteiger partial charge in [-0.1, -0.05) is 36.4 Å². The molecule has 2 aromatic carbocycles. The monoisotopic (exact) mass is 381 g/mol. The molecule has 0 bridgehead atoms. The summed E-state index contributed by atoms with van der Waals surface area (Å²) >= 11 is 0. The van der Waals surface area contributed by atoms with Gasteiger partial charge in [-0.3, -0.25) is 4.79 Å². The third-order valence-corrected chi connectivity index (χ3v) is 5.36. The summed E-state index contributed by atoms with van der Waals surface area (Å²) in [6.07, 6.45) is -0.324.